The largest absolute Gasteiger partial charge is 0.324 e. The molecule has 1 aromatic rings. The normalized spacial score (nSPS) is 21.3. The van der Waals surface area contributed by atoms with E-state index >= 15 is 0 Å². The van der Waals surface area contributed by atoms with Gasteiger partial charge in [0.1, 0.15) is 0 Å². The third-order valence-electron chi connectivity index (χ3n) is 3.57. The topological polar surface area (TPSA) is 29.3 Å². The van der Waals surface area contributed by atoms with Crippen molar-refractivity contribution in [2.45, 2.75) is 31.1 Å². The first kappa shape index (κ1) is 15.4. The summed E-state index contributed by atoms with van der Waals surface area (Å²) in [7, 11) is 0. The second kappa shape index (κ2) is 6.61. The predicted molar refractivity (Wildman–Crippen MR) is 88.7 cm³/mol. The highest BCUT2D eigenvalue weighted by molar-refractivity contribution is 9.10. The van der Waals surface area contributed by atoms with E-state index in [1.807, 2.05) is 6.07 Å². The fourth-order valence-electron chi connectivity index (χ4n) is 2.56. The van der Waals surface area contributed by atoms with Gasteiger partial charge in [0.15, 0.2) is 0 Å². The molecule has 0 aliphatic carbocycles. The molecule has 0 radical (unpaired) electrons. The molecule has 19 heavy (non-hydrogen) atoms. The average Bonchev–Trinajstić information content (AvgIpc) is 2.35. The Balaban J connectivity index is 1.87. The number of nitrogens with two attached hydrogens (primary N) is 1. The molecule has 2 nitrogen and oxygen atoms in total. The summed E-state index contributed by atoms with van der Waals surface area (Å²) in [5, 5.41) is 0. The Morgan fingerprint density at radius 1 is 1.42 bits per heavy atom. The molecule has 106 valence electrons. The van der Waals surface area contributed by atoms with Crippen molar-refractivity contribution in [3.63, 3.8) is 0 Å². The highest BCUT2D eigenvalue weighted by Gasteiger charge is 2.26. The smallest absolute Gasteiger partial charge is 0.0318 e. The SMILES string of the molecule is CC1(C)CN(CCC(N)c2ccccc2Br)CCS1. The van der Waals surface area contributed by atoms with E-state index in [1.165, 1.54) is 24.4 Å². The van der Waals surface area contributed by atoms with E-state index in [2.05, 4.69) is 64.6 Å². The molecular formula is C15H23BrN2S. The highest BCUT2D eigenvalue weighted by Crippen LogP contribution is 2.30. The minimum absolute atomic E-state index is 0.119. The minimum Gasteiger partial charge on any atom is -0.324 e. The molecule has 4 heteroatoms. The van der Waals surface area contributed by atoms with Crippen LogP contribution < -0.4 is 5.73 Å². The van der Waals surface area contributed by atoms with Gasteiger partial charge in [-0.25, -0.2) is 0 Å². The van der Waals surface area contributed by atoms with Gasteiger partial charge in [0, 0.05) is 40.6 Å². The molecule has 1 unspecified atom stereocenters. The number of halogens is 1. The van der Waals surface area contributed by atoms with Gasteiger partial charge in [0.25, 0.3) is 0 Å². The number of rotatable bonds is 4. The van der Waals surface area contributed by atoms with Crippen molar-refractivity contribution in [3.05, 3.63) is 34.3 Å². The number of benzene rings is 1. The van der Waals surface area contributed by atoms with Gasteiger partial charge in [-0.2, -0.15) is 11.8 Å². The molecular weight excluding hydrogens is 320 g/mol. The maximum absolute atomic E-state index is 6.32. The van der Waals surface area contributed by atoms with Crippen LogP contribution in [0.5, 0.6) is 0 Å². The average molecular weight is 343 g/mol. The van der Waals surface area contributed by atoms with Crippen LogP contribution in [0.3, 0.4) is 0 Å². The molecule has 0 aromatic heterocycles. The number of thioether (sulfide) groups is 1. The Morgan fingerprint density at radius 3 is 2.84 bits per heavy atom. The van der Waals surface area contributed by atoms with E-state index in [4.69, 9.17) is 5.73 Å². The Morgan fingerprint density at radius 2 is 2.16 bits per heavy atom. The Labute approximate surface area is 129 Å². The van der Waals surface area contributed by atoms with Gasteiger partial charge in [0.05, 0.1) is 0 Å². The predicted octanol–water partition coefficient (Wildman–Crippen LogP) is 3.67. The number of nitrogens with zero attached hydrogens (tertiary/aromatic N) is 1. The molecule has 2 rings (SSSR count). The molecule has 0 bridgehead atoms. The zero-order chi connectivity index (χ0) is 13.9. The standard InChI is InChI=1S/C15H23BrN2S/c1-15(2)11-18(9-10-19-15)8-7-14(17)12-5-3-4-6-13(12)16/h3-6,14H,7-11,17H2,1-2H3. The molecule has 1 aliphatic rings. The molecule has 0 saturated carbocycles. The van der Waals surface area contributed by atoms with Crippen LogP contribution in [-0.2, 0) is 0 Å². The van der Waals surface area contributed by atoms with Gasteiger partial charge in [0.2, 0.25) is 0 Å². The monoisotopic (exact) mass is 342 g/mol. The Hall–Kier alpha value is -0.0300. The maximum atomic E-state index is 6.32. The van der Waals surface area contributed by atoms with Crippen molar-refractivity contribution in [1.82, 2.24) is 4.90 Å². The summed E-state index contributed by atoms with van der Waals surface area (Å²) in [5.41, 5.74) is 7.53. The molecule has 1 aromatic carbocycles. The van der Waals surface area contributed by atoms with Crippen molar-refractivity contribution < 1.29 is 0 Å². The van der Waals surface area contributed by atoms with E-state index in [0.717, 1.165) is 17.4 Å². The van der Waals surface area contributed by atoms with Gasteiger partial charge >= 0.3 is 0 Å². The summed E-state index contributed by atoms with van der Waals surface area (Å²) in [6, 6.07) is 8.39. The van der Waals surface area contributed by atoms with Crippen LogP contribution in [0.1, 0.15) is 31.9 Å². The van der Waals surface area contributed by atoms with Gasteiger partial charge < -0.3 is 10.6 Å². The lowest BCUT2D eigenvalue weighted by atomic mass is 10.0. The zero-order valence-electron chi connectivity index (χ0n) is 11.7. The van der Waals surface area contributed by atoms with Crippen molar-refractivity contribution in [2.75, 3.05) is 25.4 Å². The van der Waals surface area contributed by atoms with Gasteiger partial charge in [-0.1, -0.05) is 34.1 Å². The molecule has 2 N–H and O–H groups in total. The van der Waals surface area contributed by atoms with Gasteiger partial charge in [-0.3, -0.25) is 0 Å². The minimum atomic E-state index is 0.119. The quantitative estimate of drug-likeness (QED) is 0.905. The second-order valence-corrected chi connectivity index (χ2v) is 8.46. The van der Waals surface area contributed by atoms with E-state index in [-0.39, 0.29) is 6.04 Å². The third kappa shape index (κ3) is 4.48. The van der Waals surface area contributed by atoms with Crippen LogP contribution in [-0.4, -0.2) is 35.0 Å². The first-order chi connectivity index (χ1) is 8.98. The molecule has 1 saturated heterocycles. The summed E-state index contributed by atoms with van der Waals surface area (Å²) < 4.78 is 1.51. The summed E-state index contributed by atoms with van der Waals surface area (Å²) in [6.07, 6.45) is 1.02. The Bertz CT molecular complexity index is 422. The van der Waals surface area contributed by atoms with Crippen LogP contribution in [0, 0.1) is 0 Å². The van der Waals surface area contributed by atoms with Crippen molar-refractivity contribution in [3.8, 4) is 0 Å². The molecule has 0 amide bonds. The summed E-state index contributed by atoms with van der Waals surface area (Å²) in [5.74, 6) is 1.23. The van der Waals surface area contributed by atoms with Crippen molar-refractivity contribution >= 4 is 27.7 Å². The third-order valence-corrected chi connectivity index (χ3v) is 5.59. The van der Waals surface area contributed by atoms with Crippen LogP contribution in [0.4, 0.5) is 0 Å². The first-order valence-electron chi connectivity index (χ1n) is 6.84. The lowest BCUT2D eigenvalue weighted by Crippen LogP contribution is -2.43. The molecule has 1 heterocycles. The maximum Gasteiger partial charge on any atom is 0.0318 e. The summed E-state index contributed by atoms with van der Waals surface area (Å²) >= 11 is 5.66. The molecule has 1 atom stereocenters. The lowest BCUT2D eigenvalue weighted by molar-refractivity contribution is 0.251. The lowest BCUT2D eigenvalue weighted by Gasteiger charge is -2.38. The number of hydrogen-bond donors (Lipinski definition) is 1. The second-order valence-electron chi connectivity index (χ2n) is 5.80. The van der Waals surface area contributed by atoms with Crippen molar-refractivity contribution in [2.24, 2.45) is 5.73 Å². The Kier molecular flexibility index (Phi) is 5.35. The van der Waals surface area contributed by atoms with Gasteiger partial charge in [-0.15, -0.1) is 0 Å². The van der Waals surface area contributed by atoms with Gasteiger partial charge in [-0.05, 0) is 31.9 Å². The zero-order valence-corrected chi connectivity index (χ0v) is 14.1. The van der Waals surface area contributed by atoms with Crippen LogP contribution in [0.25, 0.3) is 0 Å². The molecule has 0 spiro atoms. The first-order valence-corrected chi connectivity index (χ1v) is 8.62. The van der Waals surface area contributed by atoms with E-state index < -0.39 is 0 Å². The molecule has 1 aliphatic heterocycles. The van der Waals surface area contributed by atoms with Crippen LogP contribution >= 0.6 is 27.7 Å². The van der Waals surface area contributed by atoms with Crippen molar-refractivity contribution in [1.29, 1.82) is 0 Å². The van der Waals surface area contributed by atoms with E-state index in [9.17, 15) is 0 Å². The van der Waals surface area contributed by atoms with Crippen LogP contribution in [0.2, 0.25) is 0 Å². The van der Waals surface area contributed by atoms with E-state index in [0.29, 0.717) is 4.75 Å². The summed E-state index contributed by atoms with van der Waals surface area (Å²) in [4.78, 5) is 2.55. The fraction of sp³-hybridized carbons (Fsp3) is 0.600. The van der Waals surface area contributed by atoms with E-state index in [1.54, 1.807) is 0 Å². The number of hydrogen-bond acceptors (Lipinski definition) is 3. The molecule has 1 fully saturated rings. The van der Waals surface area contributed by atoms with Crippen LogP contribution in [0.15, 0.2) is 28.7 Å². The fourth-order valence-corrected chi connectivity index (χ4v) is 4.31. The summed E-state index contributed by atoms with van der Waals surface area (Å²) in [6.45, 7) is 8.11. The highest BCUT2D eigenvalue weighted by atomic mass is 79.9.